The normalized spacial score (nSPS) is 10.0. The van der Waals surface area contributed by atoms with E-state index in [1.165, 1.54) is 0 Å². The minimum atomic E-state index is 0.520. The predicted molar refractivity (Wildman–Crippen MR) is 109 cm³/mol. The quantitative estimate of drug-likeness (QED) is 0.375. The van der Waals surface area contributed by atoms with Crippen LogP contribution in [0.3, 0.4) is 0 Å². The van der Waals surface area contributed by atoms with Crippen LogP contribution < -0.4 is 4.74 Å². The summed E-state index contributed by atoms with van der Waals surface area (Å²) >= 11 is 13.6. The van der Waals surface area contributed by atoms with Gasteiger partial charge in [0.15, 0.2) is 0 Å². The molecule has 0 heterocycles. The Morgan fingerprint density at radius 1 is 0.773 bits per heavy atom. The van der Waals surface area contributed by atoms with E-state index in [-0.39, 0.29) is 0 Å². The lowest BCUT2D eigenvalue weighted by Gasteiger charge is -2.13. The lowest BCUT2D eigenvalue weighted by atomic mass is 10.1. The van der Waals surface area contributed by atoms with E-state index < -0.39 is 0 Å². The number of benzene rings is 2. The molecule has 5 heteroatoms. The Bertz CT molecular complexity index is 649. The van der Waals surface area contributed by atoms with Gasteiger partial charge in [0.25, 0.3) is 0 Å². The molecule has 0 N–H and O–H groups in total. The first kappa shape index (κ1) is 18.0. The largest absolute Gasteiger partial charge is 0.488 e. The van der Waals surface area contributed by atoms with Gasteiger partial charge in [-0.3, -0.25) is 0 Å². The van der Waals surface area contributed by atoms with Crippen LogP contribution in [-0.4, -0.2) is 0 Å². The monoisotopic (exact) mass is 548 g/mol. The van der Waals surface area contributed by atoms with Crippen LogP contribution in [0.5, 0.6) is 5.75 Å². The van der Waals surface area contributed by atoms with E-state index in [0.29, 0.717) is 6.61 Å². The van der Waals surface area contributed by atoms with Crippen LogP contribution in [0.25, 0.3) is 12.2 Å². The molecule has 2 rings (SSSR count). The zero-order valence-electron chi connectivity index (χ0n) is 11.4. The molecule has 0 atom stereocenters. The van der Waals surface area contributed by atoms with E-state index in [9.17, 15) is 0 Å². The first-order valence-electron chi connectivity index (χ1n) is 6.41. The van der Waals surface area contributed by atoms with Crippen molar-refractivity contribution in [1.82, 2.24) is 0 Å². The minimum absolute atomic E-state index is 0.520. The van der Waals surface area contributed by atoms with Gasteiger partial charge >= 0.3 is 0 Å². The van der Waals surface area contributed by atoms with Crippen molar-refractivity contribution in [2.45, 2.75) is 6.61 Å². The highest BCUT2D eigenvalue weighted by Gasteiger charge is 2.08. The second kappa shape index (κ2) is 9.06. The summed E-state index contributed by atoms with van der Waals surface area (Å²) < 4.78 is 7.81. The summed E-state index contributed by atoms with van der Waals surface area (Å²) in [4.78, 5) is 0. The standard InChI is InChI=1S/C17H12Br4O/c18-15(19)9-13-7-4-8-14(10-16(20)21)17(13)22-11-12-5-2-1-3-6-12/h1-10H,11H2. The molecule has 0 aliphatic rings. The molecule has 0 aliphatic carbocycles. The third-order valence-corrected chi connectivity index (χ3v) is 3.75. The van der Waals surface area contributed by atoms with Gasteiger partial charge in [0, 0.05) is 11.1 Å². The van der Waals surface area contributed by atoms with Gasteiger partial charge < -0.3 is 4.74 Å². The third kappa shape index (κ3) is 5.69. The fourth-order valence-corrected chi connectivity index (χ4v) is 2.92. The Hall–Kier alpha value is -0.360. The summed E-state index contributed by atoms with van der Waals surface area (Å²) in [5, 5.41) is 0. The molecule has 2 aromatic carbocycles. The highest BCUT2D eigenvalue weighted by Crippen LogP contribution is 2.32. The van der Waals surface area contributed by atoms with Gasteiger partial charge in [0.2, 0.25) is 0 Å². The number of hydrogen-bond acceptors (Lipinski definition) is 1. The topological polar surface area (TPSA) is 9.23 Å². The second-order valence-corrected chi connectivity index (χ2v) is 9.95. The molecule has 1 nitrogen and oxygen atoms in total. The maximum absolute atomic E-state index is 6.08. The molecule has 0 saturated carbocycles. The van der Waals surface area contributed by atoms with Crippen molar-refractivity contribution in [3.8, 4) is 5.75 Å². The maximum atomic E-state index is 6.08. The lowest BCUT2D eigenvalue weighted by Crippen LogP contribution is -1.98. The number of ether oxygens (including phenoxy) is 1. The predicted octanol–water partition coefficient (Wildman–Crippen LogP) is 7.44. The highest BCUT2D eigenvalue weighted by atomic mass is 79.9. The van der Waals surface area contributed by atoms with Crippen molar-refractivity contribution in [3.63, 3.8) is 0 Å². The molecule has 0 bridgehead atoms. The lowest BCUT2D eigenvalue weighted by molar-refractivity contribution is 0.305. The first-order chi connectivity index (χ1) is 10.6. The number of rotatable bonds is 5. The summed E-state index contributed by atoms with van der Waals surface area (Å²) in [7, 11) is 0. The Morgan fingerprint density at radius 3 is 1.82 bits per heavy atom. The van der Waals surface area contributed by atoms with Crippen LogP contribution in [0.1, 0.15) is 16.7 Å². The van der Waals surface area contributed by atoms with Gasteiger partial charge in [-0.05, 0) is 81.4 Å². The molecule has 22 heavy (non-hydrogen) atoms. The third-order valence-electron chi connectivity index (χ3n) is 2.83. The average Bonchev–Trinajstić information content (AvgIpc) is 2.46. The molecule has 0 radical (unpaired) electrons. The molecule has 0 spiro atoms. The Balaban J connectivity index is 2.36. The summed E-state index contributed by atoms with van der Waals surface area (Å²) in [6.07, 6.45) is 3.94. The van der Waals surface area contributed by atoms with Gasteiger partial charge in [0.1, 0.15) is 12.4 Å². The molecule has 0 fully saturated rings. The van der Waals surface area contributed by atoms with Crippen molar-refractivity contribution >= 4 is 75.9 Å². The van der Waals surface area contributed by atoms with Gasteiger partial charge in [0.05, 0.1) is 6.78 Å². The molecule has 2 aromatic rings. The number of para-hydroxylation sites is 1. The van der Waals surface area contributed by atoms with Crippen molar-refractivity contribution in [3.05, 3.63) is 72.0 Å². The summed E-state index contributed by atoms with van der Waals surface area (Å²) in [6, 6.07) is 16.1. The molecule has 0 saturated heterocycles. The van der Waals surface area contributed by atoms with Gasteiger partial charge in [-0.25, -0.2) is 0 Å². The zero-order valence-corrected chi connectivity index (χ0v) is 17.7. The van der Waals surface area contributed by atoms with Gasteiger partial charge in [-0.2, -0.15) is 0 Å². The molecular weight excluding hydrogens is 540 g/mol. The molecule has 0 unspecified atom stereocenters. The average molecular weight is 552 g/mol. The van der Waals surface area contributed by atoms with Crippen molar-refractivity contribution < 1.29 is 4.74 Å². The second-order valence-electron chi connectivity index (χ2n) is 4.41. The van der Waals surface area contributed by atoms with Crippen LogP contribution in [-0.2, 0) is 6.61 Å². The molecular formula is C17H12Br4O. The Labute approximate surface area is 164 Å². The van der Waals surface area contributed by atoms with Crippen molar-refractivity contribution in [2.75, 3.05) is 0 Å². The van der Waals surface area contributed by atoms with E-state index in [1.54, 1.807) is 0 Å². The van der Waals surface area contributed by atoms with E-state index >= 15 is 0 Å². The van der Waals surface area contributed by atoms with Crippen molar-refractivity contribution in [2.24, 2.45) is 0 Å². The Morgan fingerprint density at radius 2 is 1.32 bits per heavy atom. The van der Waals surface area contributed by atoms with Crippen LogP contribution in [0.2, 0.25) is 0 Å². The summed E-state index contributed by atoms with van der Waals surface area (Å²) in [5.74, 6) is 0.833. The smallest absolute Gasteiger partial charge is 0.134 e. The number of hydrogen-bond donors (Lipinski definition) is 0. The van der Waals surface area contributed by atoms with Crippen LogP contribution >= 0.6 is 63.7 Å². The van der Waals surface area contributed by atoms with Crippen molar-refractivity contribution in [1.29, 1.82) is 0 Å². The maximum Gasteiger partial charge on any atom is 0.134 e. The van der Waals surface area contributed by atoms with Gasteiger partial charge in [-0.15, -0.1) is 0 Å². The van der Waals surface area contributed by atoms with Crippen LogP contribution in [0, 0.1) is 0 Å². The van der Waals surface area contributed by atoms with E-state index in [1.807, 2.05) is 48.6 Å². The molecule has 0 aliphatic heterocycles. The van der Waals surface area contributed by atoms with E-state index in [0.717, 1.165) is 29.2 Å². The first-order valence-corrected chi connectivity index (χ1v) is 9.58. The van der Waals surface area contributed by atoms with Crippen LogP contribution in [0.4, 0.5) is 0 Å². The Kier molecular flexibility index (Phi) is 7.41. The fourth-order valence-electron chi connectivity index (χ4n) is 1.93. The molecule has 0 amide bonds. The van der Waals surface area contributed by atoms with E-state index in [4.69, 9.17) is 4.74 Å². The fraction of sp³-hybridized carbons (Fsp3) is 0.0588. The minimum Gasteiger partial charge on any atom is -0.488 e. The SMILES string of the molecule is BrC(Br)=Cc1cccc(C=C(Br)Br)c1OCc1ccccc1. The summed E-state index contributed by atoms with van der Waals surface area (Å²) in [6.45, 7) is 0.520. The van der Waals surface area contributed by atoms with Crippen LogP contribution in [0.15, 0.2) is 55.3 Å². The highest BCUT2D eigenvalue weighted by molar-refractivity contribution is 9.28. The molecule has 114 valence electrons. The molecule has 0 aromatic heterocycles. The summed E-state index contributed by atoms with van der Waals surface area (Å²) in [5.41, 5.74) is 3.12. The van der Waals surface area contributed by atoms with E-state index in [2.05, 4.69) is 75.9 Å². The zero-order chi connectivity index (χ0) is 15.9. The van der Waals surface area contributed by atoms with Gasteiger partial charge in [-0.1, -0.05) is 48.5 Å². The number of halogens is 4.